The first-order valence-corrected chi connectivity index (χ1v) is 5.99. The van der Waals surface area contributed by atoms with E-state index in [1.54, 1.807) is 24.3 Å². The predicted octanol–water partition coefficient (Wildman–Crippen LogP) is 3.51. The van der Waals surface area contributed by atoms with Gasteiger partial charge in [-0.1, -0.05) is 23.2 Å². The van der Waals surface area contributed by atoms with E-state index < -0.39 is 5.91 Å². The molecule has 1 aromatic heterocycles. The number of hydrogen-bond acceptors (Lipinski definition) is 3. The molecule has 0 aliphatic rings. The van der Waals surface area contributed by atoms with Gasteiger partial charge in [-0.15, -0.1) is 0 Å². The normalized spacial score (nSPS) is 9.74. The van der Waals surface area contributed by atoms with Crippen LogP contribution in [0.15, 0.2) is 36.4 Å². The molecule has 0 radical (unpaired) electrons. The van der Waals surface area contributed by atoms with Crippen molar-refractivity contribution in [3.05, 3.63) is 57.8 Å². The molecule has 2 rings (SSSR count). The molecule has 0 fully saturated rings. The highest BCUT2D eigenvalue weighted by Crippen LogP contribution is 2.18. The zero-order valence-corrected chi connectivity index (χ0v) is 11.0. The van der Waals surface area contributed by atoms with E-state index in [0.717, 1.165) is 0 Å². The number of rotatable bonds is 2. The predicted molar refractivity (Wildman–Crippen MR) is 73.4 cm³/mol. The topological polar surface area (TPSA) is 65.8 Å². The summed E-state index contributed by atoms with van der Waals surface area (Å²) in [6.45, 7) is 0. The van der Waals surface area contributed by atoms with E-state index in [0.29, 0.717) is 11.3 Å². The molecule has 19 heavy (non-hydrogen) atoms. The summed E-state index contributed by atoms with van der Waals surface area (Å²) in [6, 6.07) is 11.4. The largest absolute Gasteiger partial charge is 0.321 e. The second-order valence-electron chi connectivity index (χ2n) is 3.61. The molecule has 0 atom stereocenters. The average Bonchev–Trinajstić information content (AvgIpc) is 2.42. The molecule has 0 bridgehead atoms. The molecular weight excluding hydrogens is 285 g/mol. The van der Waals surface area contributed by atoms with Crippen molar-refractivity contribution in [2.75, 3.05) is 5.32 Å². The van der Waals surface area contributed by atoms with Crippen LogP contribution in [-0.4, -0.2) is 10.9 Å². The second-order valence-corrected chi connectivity index (χ2v) is 4.40. The molecule has 6 heteroatoms. The quantitative estimate of drug-likeness (QED) is 0.861. The molecule has 0 unspecified atom stereocenters. The van der Waals surface area contributed by atoms with Crippen LogP contribution in [0.1, 0.15) is 16.1 Å². The number of carbonyl (C=O) groups excluding carboxylic acids is 1. The summed E-state index contributed by atoms with van der Waals surface area (Å²) >= 11 is 11.6. The lowest BCUT2D eigenvalue weighted by molar-refractivity contribution is 0.102. The number of anilines is 1. The second kappa shape index (κ2) is 5.70. The smallest absolute Gasteiger partial charge is 0.275 e. The number of halogens is 2. The van der Waals surface area contributed by atoms with Crippen molar-refractivity contribution in [1.29, 1.82) is 5.26 Å². The summed E-state index contributed by atoms with van der Waals surface area (Å²) in [5.74, 6) is -0.461. The molecule has 0 saturated carbocycles. The Balaban J connectivity index is 2.21. The Labute approximate surface area is 119 Å². The van der Waals surface area contributed by atoms with Crippen molar-refractivity contribution in [3.8, 4) is 6.07 Å². The Morgan fingerprint density at radius 3 is 2.47 bits per heavy atom. The molecular formula is C13H7Cl2N3O. The zero-order valence-electron chi connectivity index (χ0n) is 9.52. The van der Waals surface area contributed by atoms with Crippen molar-refractivity contribution >= 4 is 34.8 Å². The van der Waals surface area contributed by atoms with Gasteiger partial charge in [0, 0.05) is 5.69 Å². The Hall–Kier alpha value is -2.09. The minimum atomic E-state index is -0.461. The van der Waals surface area contributed by atoms with Crippen molar-refractivity contribution < 1.29 is 4.79 Å². The van der Waals surface area contributed by atoms with Gasteiger partial charge in [0.2, 0.25) is 0 Å². The Morgan fingerprint density at radius 1 is 1.16 bits per heavy atom. The van der Waals surface area contributed by atoms with Crippen LogP contribution in [0, 0.1) is 11.3 Å². The number of benzene rings is 1. The van der Waals surface area contributed by atoms with Crippen LogP contribution < -0.4 is 5.32 Å². The number of carbonyl (C=O) groups is 1. The van der Waals surface area contributed by atoms with Crippen LogP contribution in [0.3, 0.4) is 0 Å². The number of nitriles is 1. The maximum atomic E-state index is 12.0. The SMILES string of the molecule is N#Cc1ccc(NC(=O)c2nc(Cl)ccc2Cl)cc1. The fourth-order valence-electron chi connectivity index (χ4n) is 1.40. The third-order valence-corrected chi connectivity index (χ3v) is 2.81. The summed E-state index contributed by atoms with van der Waals surface area (Å²) in [7, 11) is 0. The minimum absolute atomic E-state index is 0.0542. The summed E-state index contributed by atoms with van der Waals surface area (Å²) in [6.07, 6.45) is 0. The van der Waals surface area contributed by atoms with Crippen molar-refractivity contribution in [2.45, 2.75) is 0 Å². The van der Waals surface area contributed by atoms with Crippen LogP contribution in [0.5, 0.6) is 0 Å². The highest BCUT2D eigenvalue weighted by atomic mass is 35.5. The fourth-order valence-corrected chi connectivity index (χ4v) is 1.73. The molecule has 1 N–H and O–H groups in total. The van der Waals surface area contributed by atoms with Gasteiger partial charge in [0.25, 0.3) is 5.91 Å². The van der Waals surface area contributed by atoms with Crippen molar-refractivity contribution in [1.82, 2.24) is 4.98 Å². The van der Waals surface area contributed by atoms with Gasteiger partial charge in [-0.05, 0) is 36.4 Å². The lowest BCUT2D eigenvalue weighted by atomic mass is 10.2. The molecule has 0 aliphatic heterocycles. The van der Waals surface area contributed by atoms with Gasteiger partial charge in [0.05, 0.1) is 16.7 Å². The number of nitrogens with zero attached hydrogens (tertiary/aromatic N) is 2. The molecule has 1 amide bonds. The first kappa shape index (κ1) is 13.3. The van der Waals surface area contributed by atoms with Gasteiger partial charge < -0.3 is 5.32 Å². The van der Waals surface area contributed by atoms with Gasteiger partial charge in [0.15, 0.2) is 0 Å². The van der Waals surface area contributed by atoms with Crippen molar-refractivity contribution in [3.63, 3.8) is 0 Å². The van der Waals surface area contributed by atoms with Crippen LogP contribution >= 0.6 is 23.2 Å². The van der Waals surface area contributed by atoms with Crippen LogP contribution in [0.25, 0.3) is 0 Å². The molecule has 2 aromatic rings. The number of nitrogens with one attached hydrogen (secondary N) is 1. The van der Waals surface area contributed by atoms with Crippen LogP contribution in [-0.2, 0) is 0 Å². The highest BCUT2D eigenvalue weighted by Gasteiger charge is 2.13. The Kier molecular flexibility index (Phi) is 4.00. The van der Waals surface area contributed by atoms with E-state index in [4.69, 9.17) is 28.5 Å². The highest BCUT2D eigenvalue weighted by molar-refractivity contribution is 6.35. The number of pyridine rings is 1. The molecule has 0 aliphatic carbocycles. The van der Waals surface area contributed by atoms with E-state index in [1.165, 1.54) is 12.1 Å². The third-order valence-electron chi connectivity index (χ3n) is 2.30. The number of aromatic nitrogens is 1. The maximum absolute atomic E-state index is 12.0. The maximum Gasteiger partial charge on any atom is 0.275 e. The number of hydrogen-bond donors (Lipinski definition) is 1. The lowest BCUT2D eigenvalue weighted by Gasteiger charge is -2.06. The average molecular weight is 292 g/mol. The van der Waals surface area contributed by atoms with Crippen LogP contribution in [0.2, 0.25) is 10.2 Å². The van der Waals surface area contributed by atoms with E-state index >= 15 is 0 Å². The van der Waals surface area contributed by atoms with Gasteiger partial charge in [-0.3, -0.25) is 4.79 Å². The molecule has 1 heterocycles. The first-order valence-electron chi connectivity index (χ1n) is 5.23. The van der Waals surface area contributed by atoms with E-state index in [2.05, 4.69) is 10.3 Å². The molecule has 0 spiro atoms. The lowest BCUT2D eigenvalue weighted by Crippen LogP contribution is -2.14. The van der Waals surface area contributed by atoms with Gasteiger partial charge in [-0.25, -0.2) is 4.98 Å². The molecule has 1 aromatic carbocycles. The van der Waals surface area contributed by atoms with E-state index in [9.17, 15) is 4.79 Å². The summed E-state index contributed by atoms with van der Waals surface area (Å²) < 4.78 is 0. The standard InChI is InChI=1S/C13H7Cl2N3O/c14-10-5-6-11(15)18-12(10)13(19)17-9-3-1-8(7-16)2-4-9/h1-6H,(H,17,19). The van der Waals surface area contributed by atoms with Gasteiger partial charge in [-0.2, -0.15) is 5.26 Å². The fraction of sp³-hybridized carbons (Fsp3) is 0. The molecule has 4 nitrogen and oxygen atoms in total. The Bertz CT molecular complexity index is 663. The summed E-state index contributed by atoms with van der Waals surface area (Å²) in [5.41, 5.74) is 1.11. The van der Waals surface area contributed by atoms with E-state index in [-0.39, 0.29) is 15.9 Å². The van der Waals surface area contributed by atoms with Gasteiger partial charge in [0.1, 0.15) is 10.8 Å². The minimum Gasteiger partial charge on any atom is -0.321 e. The monoisotopic (exact) mass is 291 g/mol. The number of amides is 1. The van der Waals surface area contributed by atoms with Crippen LogP contribution in [0.4, 0.5) is 5.69 Å². The third kappa shape index (κ3) is 3.22. The van der Waals surface area contributed by atoms with Gasteiger partial charge >= 0.3 is 0 Å². The summed E-state index contributed by atoms with van der Waals surface area (Å²) in [5, 5.41) is 11.7. The molecule has 94 valence electrons. The zero-order chi connectivity index (χ0) is 13.8. The Morgan fingerprint density at radius 2 is 1.84 bits per heavy atom. The van der Waals surface area contributed by atoms with E-state index in [1.807, 2.05) is 6.07 Å². The first-order chi connectivity index (χ1) is 9.10. The molecule has 0 saturated heterocycles. The van der Waals surface area contributed by atoms with Crippen molar-refractivity contribution in [2.24, 2.45) is 0 Å². The summed E-state index contributed by atoms with van der Waals surface area (Å²) in [4.78, 5) is 15.8.